The second-order valence-corrected chi connectivity index (χ2v) is 7.52. The highest BCUT2D eigenvalue weighted by Gasteiger charge is 2.18. The third kappa shape index (κ3) is 5.42. The van der Waals surface area contributed by atoms with Crippen LogP contribution in [0.2, 0.25) is 0 Å². The predicted molar refractivity (Wildman–Crippen MR) is 96.3 cm³/mol. The zero-order chi connectivity index (χ0) is 18.6. The average Bonchev–Trinajstić information content (AvgIpc) is 2.85. The van der Waals surface area contributed by atoms with Gasteiger partial charge in [-0.05, 0) is 23.8 Å². The van der Waals surface area contributed by atoms with Gasteiger partial charge in [0.15, 0.2) is 12.4 Å². The molecule has 6 nitrogen and oxygen atoms in total. The first-order chi connectivity index (χ1) is 11.6. The van der Waals surface area contributed by atoms with Crippen LogP contribution in [0.15, 0.2) is 29.1 Å². The van der Waals surface area contributed by atoms with Crippen LogP contribution in [0.25, 0.3) is 12.2 Å². The summed E-state index contributed by atoms with van der Waals surface area (Å²) in [4.78, 5) is 37.2. The maximum Gasteiger partial charge on any atom is 0.341 e. The van der Waals surface area contributed by atoms with Crippen molar-refractivity contribution >= 4 is 35.2 Å². The Morgan fingerprint density at radius 3 is 2.44 bits per heavy atom. The Bertz CT molecular complexity index is 945. The molecule has 0 spiro atoms. The van der Waals surface area contributed by atoms with E-state index in [9.17, 15) is 14.4 Å². The number of carboxylic acid groups (broad SMARTS) is 1. The standard InChI is InChI=1S/C18H19NO5S/c1-18(2,3)14(20)9-15-19-17(23)13(25-15)8-11-4-6-12(7-5-11)24-10-16(21)22/h4-9H,10H2,1-3H3,(H,19,23)(H,21,22). The third-order valence-corrected chi connectivity index (χ3v) is 4.18. The number of hydrogen-bond acceptors (Lipinski definition) is 5. The normalized spacial score (nSPS) is 13.1. The molecule has 0 unspecified atom stereocenters. The number of ether oxygens (including phenoxy) is 1. The van der Waals surface area contributed by atoms with Crippen LogP contribution in [0, 0.1) is 5.41 Å². The molecule has 2 aromatic rings. The molecule has 7 heteroatoms. The molecule has 1 aromatic carbocycles. The van der Waals surface area contributed by atoms with Gasteiger partial charge in [-0.3, -0.25) is 9.59 Å². The predicted octanol–water partition coefficient (Wildman–Crippen LogP) is 1.12. The number of hydrogen-bond donors (Lipinski definition) is 2. The van der Waals surface area contributed by atoms with Crippen LogP contribution >= 0.6 is 11.3 Å². The van der Waals surface area contributed by atoms with Crippen molar-refractivity contribution in [1.82, 2.24) is 4.98 Å². The van der Waals surface area contributed by atoms with Gasteiger partial charge in [-0.25, -0.2) is 4.79 Å². The number of carboxylic acids is 1. The number of thiazole rings is 1. The Morgan fingerprint density at radius 2 is 1.88 bits per heavy atom. The van der Waals surface area contributed by atoms with E-state index >= 15 is 0 Å². The lowest BCUT2D eigenvalue weighted by Gasteiger charge is -2.12. The van der Waals surface area contributed by atoms with Crippen molar-refractivity contribution in [3.63, 3.8) is 0 Å². The van der Waals surface area contributed by atoms with E-state index in [2.05, 4.69) is 4.98 Å². The van der Waals surface area contributed by atoms with E-state index in [1.54, 1.807) is 30.3 Å². The fourth-order valence-electron chi connectivity index (χ4n) is 1.82. The van der Waals surface area contributed by atoms with Gasteiger partial charge in [-0.2, -0.15) is 0 Å². The van der Waals surface area contributed by atoms with E-state index in [1.165, 1.54) is 17.4 Å². The summed E-state index contributed by atoms with van der Waals surface area (Å²) in [5.41, 5.74) is 0.00387. The van der Waals surface area contributed by atoms with Crippen LogP contribution in [0.3, 0.4) is 0 Å². The van der Waals surface area contributed by atoms with Crippen molar-refractivity contribution in [2.45, 2.75) is 20.8 Å². The Labute approximate surface area is 148 Å². The van der Waals surface area contributed by atoms with Crippen molar-refractivity contribution in [2.24, 2.45) is 5.41 Å². The lowest BCUT2D eigenvalue weighted by Crippen LogP contribution is -2.22. The molecule has 25 heavy (non-hydrogen) atoms. The van der Waals surface area contributed by atoms with Crippen molar-refractivity contribution in [3.05, 3.63) is 49.4 Å². The second kappa shape index (κ2) is 7.48. The molecule has 0 fully saturated rings. The Hall–Kier alpha value is -2.67. The van der Waals surface area contributed by atoms with Crippen LogP contribution in [0.1, 0.15) is 26.3 Å². The van der Waals surface area contributed by atoms with Gasteiger partial charge < -0.3 is 14.8 Å². The largest absolute Gasteiger partial charge is 0.482 e. The number of carbonyl (C=O) groups is 2. The van der Waals surface area contributed by atoms with Crippen LogP contribution < -0.4 is 19.5 Å². The van der Waals surface area contributed by atoms with Gasteiger partial charge in [-0.15, -0.1) is 11.3 Å². The van der Waals surface area contributed by atoms with Crippen LogP contribution in [-0.2, 0) is 9.59 Å². The molecule has 0 saturated heterocycles. The maximum atomic E-state index is 12.0. The van der Waals surface area contributed by atoms with Gasteiger partial charge in [-0.1, -0.05) is 32.9 Å². The molecule has 0 saturated carbocycles. The fraction of sp³-hybridized carbons (Fsp3) is 0.278. The second-order valence-electron chi connectivity index (χ2n) is 6.44. The van der Waals surface area contributed by atoms with E-state index in [-0.39, 0.29) is 11.3 Å². The van der Waals surface area contributed by atoms with Gasteiger partial charge in [0.05, 0.1) is 9.20 Å². The van der Waals surface area contributed by atoms with Crippen molar-refractivity contribution in [3.8, 4) is 5.75 Å². The fourth-order valence-corrected chi connectivity index (χ4v) is 2.70. The monoisotopic (exact) mass is 361 g/mol. The van der Waals surface area contributed by atoms with E-state index in [0.717, 1.165) is 5.56 Å². The molecule has 132 valence electrons. The smallest absolute Gasteiger partial charge is 0.341 e. The first-order valence-corrected chi connectivity index (χ1v) is 8.38. The average molecular weight is 361 g/mol. The van der Waals surface area contributed by atoms with Gasteiger partial charge in [0, 0.05) is 11.5 Å². The molecular formula is C18H19NO5S. The number of benzene rings is 1. The summed E-state index contributed by atoms with van der Waals surface area (Å²) in [6.45, 7) is 5.05. The number of nitrogens with one attached hydrogen (secondary N) is 1. The first kappa shape index (κ1) is 18.7. The Kier molecular flexibility index (Phi) is 5.58. The Balaban J connectivity index is 2.27. The number of Topliss-reactive ketones (excluding diaryl/α,β-unsaturated/α-hetero) is 1. The summed E-state index contributed by atoms with van der Waals surface area (Å²) >= 11 is 1.21. The summed E-state index contributed by atoms with van der Waals surface area (Å²) < 4.78 is 6.05. The third-order valence-electron chi connectivity index (χ3n) is 3.22. The summed E-state index contributed by atoms with van der Waals surface area (Å²) in [7, 11) is 0. The van der Waals surface area contributed by atoms with Gasteiger partial charge in [0.2, 0.25) is 0 Å². The molecule has 0 atom stereocenters. The number of aromatic nitrogens is 1. The first-order valence-electron chi connectivity index (χ1n) is 7.57. The lowest BCUT2D eigenvalue weighted by atomic mass is 9.91. The van der Waals surface area contributed by atoms with E-state index < -0.39 is 18.0 Å². The van der Waals surface area contributed by atoms with Gasteiger partial charge in [0.1, 0.15) is 5.75 Å². The number of carbonyl (C=O) groups excluding carboxylic acids is 1. The summed E-state index contributed by atoms with van der Waals surface area (Å²) in [6, 6.07) is 6.71. The molecule has 0 aliphatic heterocycles. The number of aromatic amines is 1. The zero-order valence-corrected chi connectivity index (χ0v) is 15.0. The zero-order valence-electron chi connectivity index (χ0n) is 14.2. The van der Waals surface area contributed by atoms with Crippen LogP contribution in [0.5, 0.6) is 5.75 Å². The molecular weight excluding hydrogens is 342 g/mol. The minimum atomic E-state index is -1.05. The molecule has 0 aliphatic rings. The quantitative estimate of drug-likeness (QED) is 0.832. The molecule has 0 amide bonds. The highest BCUT2D eigenvalue weighted by atomic mass is 32.1. The molecule has 2 rings (SSSR count). The van der Waals surface area contributed by atoms with E-state index in [0.29, 0.717) is 14.9 Å². The molecule has 0 aliphatic carbocycles. The number of ketones is 1. The SMILES string of the molecule is CC(C)(C)C(=O)C=c1[nH]c(=O)c(=Cc2ccc(OCC(=O)O)cc2)s1. The summed E-state index contributed by atoms with van der Waals surface area (Å²) in [5, 5.41) is 8.57. The number of aliphatic carboxylic acids is 1. The number of H-pyrrole nitrogens is 1. The molecule has 2 N–H and O–H groups in total. The number of rotatable bonds is 5. The summed E-state index contributed by atoms with van der Waals surface area (Å²) in [5.74, 6) is -0.671. The van der Waals surface area contributed by atoms with E-state index in [4.69, 9.17) is 9.84 Å². The minimum Gasteiger partial charge on any atom is -0.482 e. The maximum absolute atomic E-state index is 12.0. The summed E-state index contributed by atoms with van der Waals surface area (Å²) in [6.07, 6.45) is 3.15. The van der Waals surface area contributed by atoms with Gasteiger partial charge >= 0.3 is 5.97 Å². The molecule has 1 heterocycles. The molecule has 0 bridgehead atoms. The minimum absolute atomic E-state index is 0.0588. The highest BCUT2D eigenvalue weighted by molar-refractivity contribution is 7.07. The van der Waals surface area contributed by atoms with E-state index in [1.807, 2.05) is 20.8 Å². The Morgan fingerprint density at radius 1 is 1.24 bits per heavy atom. The van der Waals surface area contributed by atoms with Crippen molar-refractivity contribution in [2.75, 3.05) is 6.61 Å². The highest BCUT2D eigenvalue weighted by Crippen LogP contribution is 2.15. The molecule has 1 aromatic heterocycles. The molecule has 0 radical (unpaired) electrons. The van der Waals surface area contributed by atoms with Crippen LogP contribution in [0.4, 0.5) is 0 Å². The van der Waals surface area contributed by atoms with Crippen LogP contribution in [-0.4, -0.2) is 28.4 Å². The van der Waals surface area contributed by atoms with Crippen molar-refractivity contribution < 1.29 is 19.4 Å². The van der Waals surface area contributed by atoms with Gasteiger partial charge in [0.25, 0.3) is 5.56 Å². The lowest BCUT2D eigenvalue weighted by molar-refractivity contribution is -0.139. The van der Waals surface area contributed by atoms with Crippen molar-refractivity contribution in [1.29, 1.82) is 0 Å². The topological polar surface area (TPSA) is 96.5 Å².